The van der Waals surface area contributed by atoms with Crippen LogP contribution in [0.3, 0.4) is 0 Å². The first-order valence-corrected chi connectivity index (χ1v) is 10.4. The summed E-state index contributed by atoms with van der Waals surface area (Å²) in [5.74, 6) is 0.205. The number of hydrogen-bond acceptors (Lipinski definition) is 5. The monoisotopic (exact) mass is 435 g/mol. The van der Waals surface area contributed by atoms with Crippen molar-refractivity contribution in [2.75, 3.05) is 14.2 Å². The maximum absolute atomic E-state index is 13.0. The predicted octanol–water partition coefficient (Wildman–Crippen LogP) is 4.68. The summed E-state index contributed by atoms with van der Waals surface area (Å²) in [6.07, 6.45) is 3.86. The van der Waals surface area contributed by atoms with E-state index in [4.69, 9.17) is 14.2 Å². The quantitative estimate of drug-likeness (QED) is 0.527. The van der Waals surface area contributed by atoms with Crippen LogP contribution in [-0.4, -0.2) is 31.7 Å². The van der Waals surface area contributed by atoms with Gasteiger partial charge >= 0.3 is 5.97 Å². The van der Waals surface area contributed by atoms with Crippen LogP contribution >= 0.6 is 0 Å². The second-order valence-electron chi connectivity index (χ2n) is 8.63. The molecule has 0 aliphatic heterocycles. The van der Waals surface area contributed by atoms with Crippen LogP contribution in [0, 0.1) is 5.41 Å². The summed E-state index contributed by atoms with van der Waals surface area (Å²) >= 11 is 0. The van der Waals surface area contributed by atoms with Gasteiger partial charge in [0.05, 0.1) is 18.3 Å². The fourth-order valence-corrected chi connectivity index (χ4v) is 3.60. The summed E-state index contributed by atoms with van der Waals surface area (Å²) in [7, 11) is 3.20. The minimum atomic E-state index is -0.702. The number of amides is 1. The van der Waals surface area contributed by atoms with E-state index >= 15 is 0 Å². The van der Waals surface area contributed by atoms with Gasteiger partial charge in [-0.15, -0.1) is 0 Å². The first-order chi connectivity index (χ1) is 15.2. The van der Waals surface area contributed by atoms with Gasteiger partial charge in [-0.2, -0.15) is 0 Å². The first kappa shape index (κ1) is 23.3. The van der Waals surface area contributed by atoms with Gasteiger partial charge in [-0.3, -0.25) is 4.79 Å². The molecule has 1 amide bonds. The van der Waals surface area contributed by atoms with Crippen molar-refractivity contribution in [1.29, 1.82) is 0 Å². The Morgan fingerprint density at radius 1 is 0.938 bits per heavy atom. The van der Waals surface area contributed by atoms with E-state index in [9.17, 15) is 9.59 Å². The Morgan fingerprint density at radius 2 is 1.59 bits per heavy atom. The SMILES string of the molecule is COc1ccc(C(=O)NC2=C(C(=O)Oc3ccccc3)C=CC(OC)(C(C)(C)C)C2)cc1. The highest BCUT2D eigenvalue weighted by molar-refractivity contribution is 5.99. The highest BCUT2D eigenvalue weighted by Gasteiger charge is 2.44. The number of nitrogens with one attached hydrogen (secondary N) is 1. The van der Waals surface area contributed by atoms with Gasteiger partial charge in [-0.05, 0) is 47.9 Å². The lowest BCUT2D eigenvalue weighted by atomic mass is 9.71. The van der Waals surface area contributed by atoms with Crippen molar-refractivity contribution in [3.05, 3.63) is 83.6 Å². The number of carbonyl (C=O) groups is 2. The number of hydrogen-bond donors (Lipinski definition) is 1. The van der Waals surface area contributed by atoms with Gasteiger partial charge in [-0.1, -0.05) is 45.0 Å². The van der Waals surface area contributed by atoms with Crippen LogP contribution in [-0.2, 0) is 9.53 Å². The second-order valence-corrected chi connectivity index (χ2v) is 8.63. The van der Waals surface area contributed by atoms with E-state index in [-0.39, 0.29) is 16.9 Å². The molecule has 0 aromatic heterocycles. The third-order valence-electron chi connectivity index (χ3n) is 5.71. The number of esters is 1. The van der Waals surface area contributed by atoms with Crippen LogP contribution in [0.1, 0.15) is 37.6 Å². The Morgan fingerprint density at radius 3 is 2.16 bits per heavy atom. The molecule has 6 nitrogen and oxygen atoms in total. The standard InChI is InChI=1S/C26H29NO5/c1-25(2,3)26(31-5)16-15-21(24(29)32-20-9-7-6-8-10-20)22(17-26)27-23(28)18-11-13-19(30-4)14-12-18/h6-16H,17H2,1-5H3,(H,27,28). The molecule has 2 aromatic carbocycles. The first-order valence-electron chi connectivity index (χ1n) is 10.4. The van der Waals surface area contributed by atoms with Crippen molar-refractivity contribution >= 4 is 11.9 Å². The summed E-state index contributed by atoms with van der Waals surface area (Å²) < 4.78 is 16.6. The Kier molecular flexibility index (Phi) is 6.84. The maximum atomic E-state index is 13.0. The minimum absolute atomic E-state index is 0.285. The zero-order valence-corrected chi connectivity index (χ0v) is 19.1. The van der Waals surface area contributed by atoms with Gasteiger partial charge in [0, 0.05) is 24.8 Å². The van der Waals surface area contributed by atoms with Crippen molar-refractivity contribution in [3.8, 4) is 11.5 Å². The van der Waals surface area contributed by atoms with Gasteiger partial charge in [-0.25, -0.2) is 4.79 Å². The van der Waals surface area contributed by atoms with Crippen LogP contribution in [0.25, 0.3) is 0 Å². The molecule has 1 atom stereocenters. The highest BCUT2D eigenvalue weighted by atomic mass is 16.5. The molecule has 0 saturated carbocycles. The molecule has 6 heteroatoms. The molecular formula is C26H29NO5. The average Bonchev–Trinajstić information content (AvgIpc) is 2.78. The number of ether oxygens (including phenoxy) is 3. The molecule has 32 heavy (non-hydrogen) atoms. The summed E-state index contributed by atoms with van der Waals surface area (Å²) in [5.41, 5.74) is 0.191. The van der Waals surface area contributed by atoms with Gasteiger partial charge in [0.15, 0.2) is 0 Å². The topological polar surface area (TPSA) is 73.9 Å². The lowest BCUT2D eigenvalue weighted by Gasteiger charge is -2.44. The molecule has 0 fully saturated rings. The zero-order chi connectivity index (χ0) is 23.4. The normalized spacial score (nSPS) is 18.3. The predicted molar refractivity (Wildman–Crippen MR) is 123 cm³/mol. The van der Waals surface area contributed by atoms with Crippen molar-refractivity contribution in [1.82, 2.24) is 5.32 Å². The molecule has 2 aromatic rings. The van der Waals surface area contributed by atoms with Crippen molar-refractivity contribution < 1.29 is 23.8 Å². The zero-order valence-electron chi connectivity index (χ0n) is 19.1. The lowest BCUT2D eigenvalue weighted by molar-refractivity contribution is -0.130. The molecule has 1 unspecified atom stereocenters. The third kappa shape index (κ3) is 4.92. The number of benzene rings is 2. The largest absolute Gasteiger partial charge is 0.497 e. The summed E-state index contributed by atoms with van der Waals surface area (Å²) in [6, 6.07) is 15.6. The van der Waals surface area contributed by atoms with Gasteiger partial charge < -0.3 is 19.5 Å². The van der Waals surface area contributed by atoms with E-state index in [1.165, 1.54) is 0 Å². The number of methoxy groups -OCH3 is 2. The molecule has 1 aliphatic carbocycles. The van der Waals surface area contributed by atoms with E-state index in [2.05, 4.69) is 26.1 Å². The van der Waals surface area contributed by atoms with Gasteiger partial charge in [0.2, 0.25) is 0 Å². The molecule has 0 radical (unpaired) electrons. The second kappa shape index (κ2) is 9.40. The Balaban J connectivity index is 1.95. The van der Waals surface area contributed by atoms with Crippen molar-refractivity contribution in [2.24, 2.45) is 5.41 Å². The third-order valence-corrected chi connectivity index (χ3v) is 5.71. The fraction of sp³-hybridized carbons (Fsp3) is 0.308. The van der Waals surface area contributed by atoms with E-state index in [0.717, 1.165) is 0 Å². The fourth-order valence-electron chi connectivity index (χ4n) is 3.60. The molecule has 168 valence electrons. The van der Waals surface area contributed by atoms with E-state index in [0.29, 0.717) is 29.2 Å². The number of carbonyl (C=O) groups excluding carboxylic acids is 2. The smallest absolute Gasteiger partial charge is 0.345 e. The maximum Gasteiger partial charge on any atom is 0.345 e. The van der Waals surface area contributed by atoms with Crippen molar-refractivity contribution in [2.45, 2.75) is 32.8 Å². The summed E-state index contributed by atoms with van der Waals surface area (Å²) in [5, 5.41) is 2.92. The highest BCUT2D eigenvalue weighted by Crippen LogP contribution is 2.42. The van der Waals surface area contributed by atoms with E-state index in [1.54, 1.807) is 68.8 Å². The molecule has 0 bridgehead atoms. The molecule has 0 heterocycles. The van der Waals surface area contributed by atoms with Crippen LogP contribution in [0.2, 0.25) is 0 Å². The minimum Gasteiger partial charge on any atom is -0.497 e. The molecule has 1 aliphatic rings. The van der Waals surface area contributed by atoms with Crippen LogP contribution in [0.4, 0.5) is 0 Å². The van der Waals surface area contributed by atoms with E-state index in [1.807, 2.05) is 12.1 Å². The van der Waals surface area contributed by atoms with Crippen LogP contribution in [0.5, 0.6) is 11.5 Å². The number of rotatable bonds is 6. The van der Waals surface area contributed by atoms with E-state index < -0.39 is 11.6 Å². The molecule has 3 rings (SSSR count). The van der Waals surface area contributed by atoms with Gasteiger partial charge in [0.25, 0.3) is 5.91 Å². The molecular weight excluding hydrogens is 406 g/mol. The average molecular weight is 436 g/mol. The molecule has 0 saturated heterocycles. The summed E-state index contributed by atoms with van der Waals surface area (Å²) in [4.78, 5) is 26.0. The Labute approximate surface area is 188 Å². The molecule has 1 N–H and O–H groups in total. The van der Waals surface area contributed by atoms with Crippen molar-refractivity contribution in [3.63, 3.8) is 0 Å². The van der Waals surface area contributed by atoms with Gasteiger partial charge in [0.1, 0.15) is 11.5 Å². The van der Waals surface area contributed by atoms with Crippen LogP contribution in [0.15, 0.2) is 78.0 Å². The number of para-hydroxylation sites is 1. The Bertz CT molecular complexity index is 1030. The Hall–Kier alpha value is -3.38. The lowest BCUT2D eigenvalue weighted by Crippen LogP contribution is -2.47. The molecule has 0 spiro atoms. The summed E-state index contributed by atoms with van der Waals surface area (Å²) in [6.45, 7) is 6.16. The van der Waals surface area contributed by atoms with Crippen LogP contribution < -0.4 is 14.8 Å².